The van der Waals surface area contributed by atoms with Crippen molar-refractivity contribution in [3.63, 3.8) is 0 Å². The standard InChI is InChI=1S/C9H19NO2/c1-4-8(2)5-10-6-9(3,12)7-11/h10-12H,2,4-7H2,1,3H3. The van der Waals surface area contributed by atoms with Crippen molar-refractivity contribution in [2.75, 3.05) is 19.7 Å². The smallest absolute Gasteiger partial charge is 0.0972 e. The van der Waals surface area contributed by atoms with Gasteiger partial charge in [0.25, 0.3) is 0 Å². The Balaban J connectivity index is 3.49. The van der Waals surface area contributed by atoms with Crippen LogP contribution < -0.4 is 5.32 Å². The monoisotopic (exact) mass is 173 g/mol. The lowest BCUT2D eigenvalue weighted by molar-refractivity contribution is 0.00336. The molecule has 72 valence electrons. The largest absolute Gasteiger partial charge is 0.393 e. The Morgan fingerprint density at radius 2 is 2.17 bits per heavy atom. The fourth-order valence-corrected chi connectivity index (χ4v) is 0.689. The van der Waals surface area contributed by atoms with Crippen LogP contribution in [0.1, 0.15) is 20.3 Å². The van der Waals surface area contributed by atoms with Crippen LogP contribution in [0.15, 0.2) is 12.2 Å². The van der Waals surface area contributed by atoms with E-state index in [-0.39, 0.29) is 6.61 Å². The van der Waals surface area contributed by atoms with Crippen molar-refractivity contribution in [1.29, 1.82) is 0 Å². The van der Waals surface area contributed by atoms with Gasteiger partial charge in [-0.3, -0.25) is 0 Å². The maximum absolute atomic E-state index is 9.37. The van der Waals surface area contributed by atoms with E-state index in [1.54, 1.807) is 6.92 Å². The summed E-state index contributed by atoms with van der Waals surface area (Å²) >= 11 is 0. The lowest BCUT2D eigenvalue weighted by atomic mass is 10.1. The molecule has 0 aliphatic carbocycles. The van der Waals surface area contributed by atoms with Crippen molar-refractivity contribution in [2.45, 2.75) is 25.9 Å². The highest BCUT2D eigenvalue weighted by atomic mass is 16.3. The Labute approximate surface area is 74.1 Å². The molecule has 3 heteroatoms. The molecular weight excluding hydrogens is 154 g/mol. The van der Waals surface area contributed by atoms with E-state index in [9.17, 15) is 5.11 Å². The maximum Gasteiger partial charge on any atom is 0.0972 e. The van der Waals surface area contributed by atoms with E-state index in [1.807, 2.05) is 6.92 Å². The summed E-state index contributed by atoms with van der Waals surface area (Å²) in [4.78, 5) is 0. The highest BCUT2D eigenvalue weighted by molar-refractivity contribution is 4.95. The molecular formula is C9H19NO2. The summed E-state index contributed by atoms with van der Waals surface area (Å²) in [5, 5.41) is 21.1. The third kappa shape index (κ3) is 5.29. The third-order valence-corrected chi connectivity index (χ3v) is 1.72. The van der Waals surface area contributed by atoms with Crippen LogP contribution in [0, 0.1) is 0 Å². The zero-order valence-corrected chi connectivity index (χ0v) is 7.93. The van der Waals surface area contributed by atoms with Crippen LogP contribution in [-0.4, -0.2) is 35.5 Å². The number of rotatable bonds is 6. The minimum atomic E-state index is -1.02. The molecule has 0 saturated heterocycles. The van der Waals surface area contributed by atoms with Gasteiger partial charge >= 0.3 is 0 Å². The normalized spacial score (nSPS) is 15.7. The van der Waals surface area contributed by atoms with Gasteiger partial charge in [0, 0.05) is 13.1 Å². The lowest BCUT2D eigenvalue weighted by Gasteiger charge is -2.20. The number of aliphatic hydroxyl groups excluding tert-OH is 1. The molecule has 0 amide bonds. The van der Waals surface area contributed by atoms with Crippen molar-refractivity contribution >= 4 is 0 Å². The molecule has 0 heterocycles. The first-order valence-corrected chi connectivity index (χ1v) is 4.22. The van der Waals surface area contributed by atoms with E-state index in [0.29, 0.717) is 13.1 Å². The van der Waals surface area contributed by atoms with E-state index in [0.717, 1.165) is 12.0 Å². The Morgan fingerprint density at radius 1 is 1.58 bits per heavy atom. The topological polar surface area (TPSA) is 52.5 Å². The molecule has 0 rings (SSSR count). The minimum Gasteiger partial charge on any atom is -0.393 e. The van der Waals surface area contributed by atoms with Crippen LogP contribution in [-0.2, 0) is 0 Å². The average Bonchev–Trinajstić information content (AvgIpc) is 2.04. The van der Waals surface area contributed by atoms with Gasteiger partial charge < -0.3 is 15.5 Å². The van der Waals surface area contributed by atoms with Gasteiger partial charge in [0.05, 0.1) is 12.2 Å². The number of hydrogen-bond acceptors (Lipinski definition) is 3. The predicted molar refractivity (Wildman–Crippen MR) is 50.0 cm³/mol. The molecule has 0 saturated carbocycles. The van der Waals surface area contributed by atoms with Crippen LogP contribution >= 0.6 is 0 Å². The van der Waals surface area contributed by atoms with Crippen molar-refractivity contribution in [2.24, 2.45) is 0 Å². The SMILES string of the molecule is C=C(CC)CNCC(C)(O)CO. The first-order valence-electron chi connectivity index (χ1n) is 4.22. The third-order valence-electron chi connectivity index (χ3n) is 1.72. The Morgan fingerprint density at radius 3 is 2.58 bits per heavy atom. The summed E-state index contributed by atoms with van der Waals surface area (Å²) in [5.41, 5.74) is 0.0809. The van der Waals surface area contributed by atoms with Gasteiger partial charge in [0.1, 0.15) is 0 Å². The van der Waals surface area contributed by atoms with Crippen molar-refractivity contribution in [1.82, 2.24) is 5.32 Å². The molecule has 0 aliphatic rings. The Bertz CT molecular complexity index is 143. The van der Waals surface area contributed by atoms with Crippen LogP contribution in [0.2, 0.25) is 0 Å². The second-order valence-corrected chi connectivity index (χ2v) is 3.36. The van der Waals surface area contributed by atoms with Crippen molar-refractivity contribution in [3.8, 4) is 0 Å². The quantitative estimate of drug-likeness (QED) is 0.506. The number of nitrogens with one attached hydrogen (secondary N) is 1. The van der Waals surface area contributed by atoms with Gasteiger partial charge in [-0.1, -0.05) is 19.1 Å². The summed E-state index contributed by atoms with van der Waals surface area (Å²) < 4.78 is 0. The molecule has 0 radical (unpaired) electrons. The van der Waals surface area contributed by atoms with Crippen LogP contribution in [0.25, 0.3) is 0 Å². The van der Waals surface area contributed by atoms with Gasteiger partial charge in [-0.25, -0.2) is 0 Å². The number of aliphatic hydroxyl groups is 2. The van der Waals surface area contributed by atoms with Crippen molar-refractivity contribution in [3.05, 3.63) is 12.2 Å². The predicted octanol–water partition coefficient (Wildman–Crippen LogP) is 0.285. The molecule has 0 aliphatic heterocycles. The minimum absolute atomic E-state index is 0.224. The first kappa shape index (κ1) is 11.6. The molecule has 0 aromatic carbocycles. The van der Waals surface area contributed by atoms with Gasteiger partial charge in [-0.05, 0) is 13.3 Å². The summed E-state index contributed by atoms with van der Waals surface area (Å²) in [5.74, 6) is 0. The molecule has 0 fully saturated rings. The fraction of sp³-hybridized carbons (Fsp3) is 0.778. The highest BCUT2D eigenvalue weighted by Gasteiger charge is 2.17. The first-order chi connectivity index (χ1) is 5.52. The summed E-state index contributed by atoms with van der Waals surface area (Å²) in [6, 6.07) is 0. The molecule has 0 aromatic rings. The van der Waals surface area contributed by atoms with E-state index in [1.165, 1.54) is 0 Å². The van der Waals surface area contributed by atoms with E-state index in [2.05, 4.69) is 11.9 Å². The summed E-state index contributed by atoms with van der Waals surface area (Å²) in [6.07, 6.45) is 0.939. The molecule has 3 nitrogen and oxygen atoms in total. The Hall–Kier alpha value is -0.380. The molecule has 0 spiro atoms. The second-order valence-electron chi connectivity index (χ2n) is 3.36. The zero-order chi connectivity index (χ0) is 9.61. The van der Waals surface area contributed by atoms with Gasteiger partial charge in [-0.15, -0.1) is 0 Å². The van der Waals surface area contributed by atoms with Crippen molar-refractivity contribution < 1.29 is 10.2 Å². The molecule has 1 unspecified atom stereocenters. The molecule has 0 aromatic heterocycles. The van der Waals surface area contributed by atoms with E-state index >= 15 is 0 Å². The summed E-state index contributed by atoms with van der Waals surface area (Å²) in [7, 11) is 0. The average molecular weight is 173 g/mol. The van der Waals surface area contributed by atoms with E-state index < -0.39 is 5.60 Å². The maximum atomic E-state index is 9.37. The molecule has 3 N–H and O–H groups in total. The van der Waals surface area contributed by atoms with Gasteiger partial charge in [-0.2, -0.15) is 0 Å². The van der Waals surface area contributed by atoms with Crippen LogP contribution in [0.5, 0.6) is 0 Å². The van der Waals surface area contributed by atoms with E-state index in [4.69, 9.17) is 5.11 Å². The van der Waals surface area contributed by atoms with Crippen LogP contribution in [0.4, 0.5) is 0 Å². The fourth-order valence-electron chi connectivity index (χ4n) is 0.689. The number of hydrogen-bond donors (Lipinski definition) is 3. The molecule has 12 heavy (non-hydrogen) atoms. The zero-order valence-electron chi connectivity index (χ0n) is 7.93. The van der Waals surface area contributed by atoms with Crippen LogP contribution in [0.3, 0.4) is 0 Å². The second kappa shape index (κ2) is 5.30. The summed E-state index contributed by atoms with van der Waals surface area (Å²) in [6.45, 7) is 8.31. The van der Waals surface area contributed by atoms with Gasteiger partial charge in [0.2, 0.25) is 0 Å². The molecule has 0 bridgehead atoms. The molecule has 1 atom stereocenters. The lowest BCUT2D eigenvalue weighted by Crippen LogP contribution is -2.41. The van der Waals surface area contributed by atoms with Gasteiger partial charge in [0.15, 0.2) is 0 Å². The highest BCUT2D eigenvalue weighted by Crippen LogP contribution is 1.99. The Kier molecular flexibility index (Phi) is 5.13.